The van der Waals surface area contributed by atoms with Crippen molar-refractivity contribution in [3.63, 3.8) is 0 Å². The smallest absolute Gasteiger partial charge is 0.347 e. The van der Waals surface area contributed by atoms with Gasteiger partial charge in [0.25, 0.3) is 0 Å². The lowest BCUT2D eigenvalue weighted by molar-refractivity contribution is -0.152. The van der Waals surface area contributed by atoms with Crippen LogP contribution in [0.4, 0.5) is 16.2 Å². The van der Waals surface area contributed by atoms with E-state index in [1.54, 1.807) is 48.5 Å². The molecule has 0 fully saturated rings. The first-order chi connectivity index (χ1) is 12.7. The molecule has 0 unspecified atom stereocenters. The number of carboxylic acid groups (broad SMARTS) is 1. The third kappa shape index (κ3) is 6.03. The Kier molecular flexibility index (Phi) is 6.02. The average molecular weight is 372 g/mol. The molecule has 0 atom stereocenters. The molecule has 2 aromatic rings. The second kappa shape index (κ2) is 8.22. The molecule has 2 amide bonds. The van der Waals surface area contributed by atoms with Crippen LogP contribution in [0.3, 0.4) is 0 Å². The first-order valence-corrected chi connectivity index (χ1v) is 8.05. The van der Waals surface area contributed by atoms with Crippen molar-refractivity contribution in [2.24, 2.45) is 0 Å². The van der Waals surface area contributed by atoms with Crippen LogP contribution in [-0.4, -0.2) is 28.7 Å². The van der Waals surface area contributed by atoms with Gasteiger partial charge in [-0.3, -0.25) is 4.79 Å². The number of urea groups is 1. The number of benzene rings is 2. The van der Waals surface area contributed by atoms with E-state index in [0.29, 0.717) is 22.9 Å². The summed E-state index contributed by atoms with van der Waals surface area (Å²) in [6.45, 7) is 4.20. The molecule has 0 radical (unpaired) electrons. The largest absolute Gasteiger partial charge is 0.478 e. The molecule has 0 aliphatic heterocycles. The highest BCUT2D eigenvalue weighted by molar-refractivity contribution is 5.99. The van der Waals surface area contributed by atoms with Gasteiger partial charge in [0.05, 0.1) is 0 Å². The van der Waals surface area contributed by atoms with Gasteiger partial charge in [0.2, 0.25) is 0 Å². The van der Waals surface area contributed by atoms with E-state index in [1.165, 1.54) is 20.8 Å². The zero-order valence-corrected chi connectivity index (χ0v) is 15.1. The minimum Gasteiger partial charge on any atom is -0.478 e. The highest BCUT2D eigenvalue weighted by Crippen LogP contribution is 2.21. The predicted molar refractivity (Wildman–Crippen MR) is 99.2 cm³/mol. The zero-order valence-electron chi connectivity index (χ0n) is 15.1. The normalized spacial score (nSPS) is 10.6. The van der Waals surface area contributed by atoms with Gasteiger partial charge < -0.3 is 25.2 Å². The summed E-state index contributed by atoms with van der Waals surface area (Å²) in [6.07, 6.45) is 0. The third-order valence-corrected chi connectivity index (χ3v) is 3.37. The number of ether oxygens (including phenoxy) is 2. The second-order valence-corrected chi connectivity index (χ2v) is 6.14. The number of carbonyl (C=O) groups excluding carboxylic acids is 2. The lowest BCUT2D eigenvalue weighted by Crippen LogP contribution is -2.37. The fourth-order valence-electron chi connectivity index (χ4n) is 2.01. The molecule has 8 heteroatoms. The lowest BCUT2D eigenvalue weighted by atomic mass is 10.1. The molecule has 0 spiro atoms. The number of carbonyl (C=O) groups is 3. The molecule has 0 aromatic heterocycles. The third-order valence-electron chi connectivity index (χ3n) is 3.37. The molecule has 0 saturated heterocycles. The quantitative estimate of drug-likeness (QED) is 0.528. The maximum Gasteiger partial charge on any atom is 0.347 e. The van der Waals surface area contributed by atoms with Crippen molar-refractivity contribution in [2.75, 3.05) is 10.6 Å². The summed E-state index contributed by atoms with van der Waals surface area (Å²) in [7, 11) is 0. The number of anilines is 2. The fraction of sp³-hybridized carbons (Fsp3) is 0.211. The highest BCUT2D eigenvalue weighted by atomic mass is 16.5. The van der Waals surface area contributed by atoms with Crippen LogP contribution < -0.4 is 20.1 Å². The maximum atomic E-state index is 12.0. The molecule has 0 heterocycles. The van der Waals surface area contributed by atoms with Crippen LogP contribution in [0.2, 0.25) is 0 Å². The predicted octanol–water partition coefficient (Wildman–Crippen LogP) is 3.50. The number of nitrogens with one attached hydrogen (secondary N) is 2. The van der Waals surface area contributed by atoms with Gasteiger partial charge >= 0.3 is 18.0 Å². The molecule has 0 aliphatic rings. The summed E-state index contributed by atoms with van der Waals surface area (Å²) in [4.78, 5) is 34.0. The Bertz CT molecular complexity index is 828. The van der Waals surface area contributed by atoms with Gasteiger partial charge in [-0.05, 0) is 62.4 Å². The first-order valence-electron chi connectivity index (χ1n) is 8.05. The number of amides is 2. The number of carboxylic acids is 1. The van der Waals surface area contributed by atoms with Crippen molar-refractivity contribution in [3.8, 4) is 11.5 Å². The first kappa shape index (κ1) is 19.8. The van der Waals surface area contributed by atoms with Gasteiger partial charge in [0.1, 0.15) is 11.5 Å². The number of rotatable bonds is 6. The molecule has 2 rings (SSSR count). The summed E-state index contributed by atoms with van der Waals surface area (Å²) in [5.41, 5.74) is -0.332. The van der Waals surface area contributed by atoms with E-state index < -0.39 is 23.6 Å². The van der Waals surface area contributed by atoms with Crippen molar-refractivity contribution in [2.45, 2.75) is 26.4 Å². The summed E-state index contributed by atoms with van der Waals surface area (Å²) in [5.74, 6) is -0.751. The molecular formula is C19H20N2O6. The Morgan fingerprint density at radius 1 is 0.852 bits per heavy atom. The Labute approximate surface area is 156 Å². The molecule has 2 aromatic carbocycles. The monoisotopic (exact) mass is 372 g/mol. The standard InChI is InChI=1S/C19H20N2O6/c1-12(22)26-15-8-4-13(5-9-15)20-18(25)21-14-6-10-16(11-7-14)27-19(2,3)17(23)24/h4-11H,1-3H3,(H,23,24)(H2,20,21,25). The summed E-state index contributed by atoms with van der Waals surface area (Å²) in [5, 5.41) is 14.3. The van der Waals surface area contributed by atoms with E-state index in [1.807, 2.05) is 0 Å². The van der Waals surface area contributed by atoms with Crippen molar-refractivity contribution in [1.82, 2.24) is 0 Å². The molecule has 8 nitrogen and oxygen atoms in total. The topological polar surface area (TPSA) is 114 Å². The van der Waals surface area contributed by atoms with E-state index >= 15 is 0 Å². The van der Waals surface area contributed by atoms with Crippen LogP contribution in [-0.2, 0) is 9.59 Å². The minimum absolute atomic E-state index is 0.370. The SMILES string of the molecule is CC(=O)Oc1ccc(NC(=O)Nc2ccc(OC(C)(C)C(=O)O)cc2)cc1. The highest BCUT2D eigenvalue weighted by Gasteiger charge is 2.29. The number of hydrogen-bond donors (Lipinski definition) is 3. The molecule has 3 N–H and O–H groups in total. The summed E-state index contributed by atoms with van der Waals surface area (Å²) >= 11 is 0. The second-order valence-electron chi connectivity index (χ2n) is 6.14. The van der Waals surface area contributed by atoms with E-state index in [4.69, 9.17) is 14.6 Å². The number of esters is 1. The van der Waals surface area contributed by atoms with Gasteiger partial charge in [-0.15, -0.1) is 0 Å². The molecule has 27 heavy (non-hydrogen) atoms. The zero-order chi connectivity index (χ0) is 20.0. The van der Waals surface area contributed by atoms with Crippen LogP contribution in [0, 0.1) is 0 Å². The lowest BCUT2D eigenvalue weighted by Gasteiger charge is -2.21. The average Bonchev–Trinajstić information content (AvgIpc) is 2.57. The number of aliphatic carboxylic acids is 1. The van der Waals surface area contributed by atoms with E-state index in [0.717, 1.165) is 0 Å². The Balaban J connectivity index is 1.92. The van der Waals surface area contributed by atoms with Gasteiger partial charge in [0, 0.05) is 18.3 Å². The van der Waals surface area contributed by atoms with Gasteiger partial charge in [-0.2, -0.15) is 0 Å². The Morgan fingerprint density at radius 3 is 1.70 bits per heavy atom. The van der Waals surface area contributed by atoms with E-state index in [2.05, 4.69) is 10.6 Å². The summed E-state index contributed by atoms with van der Waals surface area (Å²) < 4.78 is 10.3. The van der Waals surface area contributed by atoms with Crippen molar-refractivity contribution >= 4 is 29.3 Å². The van der Waals surface area contributed by atoms with Crippen molar-refractivity contribution in [3.05, 3.63) is 48.5 Å². The van der Waals surface area contributed by atoms with Gasteiger partial charge in [0.15, 0.2) is 5.60 Å². The maximum absolute atomic E-state index is 12.0. The van der Waals surface area contributed by atoms with E-state index in [-0.39, 0.29) is 0 Å². The number of hydrogen-bond acceptors (Lipinski definition) is 5. The molecule has 0 bridgehead atoms. The fourth-order valence-corrected chi connectivity index (χ4v) is 2.01. The summed E-state index contributed by atoms with van der Waals surface area (Å²) in [6, 6.07) is 12.2. The van der Waals surface area contributed by atoms with E-state index in [9.17, 15) is 14.4 Å². The molecule has 142 valence electrons. The van der Waals surface area contributed by atoms with Gasteiger partial charge in [-0.25, -0.2) is 9.59 Å². The molecular weight excluding hydrogens is 352 g/mol. The van der Waals surface area contributed by atoms with Crippen molar-refractivity contribution < 1.29 is 29.0 Å². The Morgan fingerprint density at radius 2 is 1.30 bits per heavy atom. The van der Waals surface area contributed by atoms with Gasteiger partial charge in [-0.1, -0.05) is 0 Å². The molecule has 0 aliphatic carbocycles. The van der Waals surface area contributed by atoms with Crippen LogP contribution in [0.25, 0.3) is 0 Å². The molecule has 0 saturated carbocycles. The Hall–Kier alpha value is -3.55. The van der Waals surface area contributed by atoms with Crippen LogP contribution in [0.1, 0.15) is 20.8 Å². The minimum atomic E-state index is -1.36. The van der Waals surface area contributed by atoms with Crippen LogP contribution in [0.5, 0.6) is 11.5 Å². The van der Waals surface area contributed by atoms with Crippen molar-refractivity contribution in [1.29, 1.82) is 0 Å². The van der Waals surface area contributed by atoms with Crippen LogP contribution in [0.15, 0.2) is 48.5 Å². The van der Waals surface area contributed by atoms with Crippen LogP contribution >= 0.6 is 0 Å².